The van der Waals surface area contributed by atoms with E-state index < -0.39 is 0 Å². The molecular formula is C13H21N3OS2. The molecule has 1 saturated carbocycles. The highest BCUT2D eigenvalue weighted by molar-refractivity contribution is 7.99. The van der Waals surface area contributed by atoms with E-state index in [0.717, 1.165) is 17.9 Å². The van der Waals surface area contributed by atoms with Crippen molar-refractivity contribution in [3.63, 3.8) is 0 Å². The van der Waals surface area contributed by atoms with Crippen LogP contribution in [-0.2, 0) is 7.05 Å². The molecule has 106 valence electrons. The lowest BCUT2D eigenvalue weighted by Gasteiger charge is -2.28. The van der Waals surface area contributed by atoms with Crippen molar-refractivity contribution >= 4 is 29.4 Å². The minimum absolute atomic E-state index is 0.0178. The number of nitrogens with one attached hydrogen (secondary N) is 1. The second-order valence-electron chi connectivity index (χ2n) is 4.92. The summed E-state index contributed by atoms with van der Waals surface area (Å²) in [6.07, 6.45) is 10.6. The molecule has 2 rings (SSSR count). The highest BCUT2D eigenvalue weighted by atomic mass is 32.2. The van der Waals surface area contributed by atoms with Gasteiger partial charge in [0, 0.05) is 24.5 Å². The molecule has 4 nitrogen and oxygen atoms in total. The van der Waals surface area contributed by atoms with Crippen molar-refractivity contribution in [3.8, 4) is 0 Å². The van der Waals surface area contributed by atoms with Crippen LogP contribution in [-0.4, -0.2) is 39.5 Å². The van der Waals surface area contributed by atoms with E-state index in [9.17, 15) is 4.79 Å². The summed E-state index contributed by atoms with van der Waals surface area (Å²) in [4.78, 5) is 12.3. The van der Waals surface area contributed by atoms with Gasteiger partial charge in [0.1, 0.15) is 5.03 Å². The topological polar surface area (TPSA) is 46.9 Å². The van der Waals surface area contributed by atoms with Crippen molar-refractivity contribution < 1.29 is 4.79 Å². The van der Waals surface area contributed by atoms with E-state index in [1.54, 1.807) is 10.9 Å². The molecule has 0 spiro atoms. The average molecular weight is 299 g/mol. The van der Waals surface area contributed by atoms with Crippen LogP contribution < -0.4 is 5.32 Å². The molecule has 1 aromatic heterocycles. The van der Waals surface area contributed by atoms with Gasteiger partial charge in [-0.2, -0.15) is 16.9 Å². The van der Waals surface area contributed by atoms with Crippen molar-refractivity contribution in [2.75, 3.05) is 12.5 Å². The Morgan fingerprint density at radius 1 is 1.47 bits per heavy atom. The van der Waals surface area contributed by atoms with E-state index >= 15 is 0 Å². The predicted octanol–water partition coefficient (Wildman–Crippen LogP) is 2.55. The first-order valence-corrected chi connectivity index (χ1v) is 9.06. The zero-order chi connectivity index (χ0) is 13.8. The first kappa shape index (κ1) is 14.8. The number of thioether (sulfide) groups is 2. The fourth-order valence-electron chi connectivity index (χ4n) is 2.53. The van der Waals surface area contributed by atoms with Crippen molar-refractivity contribution in [2.24, 2.45) is 7.05 Å². The molecule has 2 atom stereocenters. The van der Waals surface area contributed by atoms with Crippen LogP contribution in [0.5, 0.6) is 0 Å². The van der Waals surface area contributed by atoms with Gasteiger partial charge in [-0.1, -0.05) is 6.42 Å². The molecule has 0 aromatic carbocycles. The molecule has 1 aliphatic carbocycles. The second-order valence-corrected chi connectivity index (χ2v) is 6.85. The molecule has 1 heterocycles. The summed E-state index contributed by atoms with van der Waals surface area (Å²) in [5, 5.41) is 8.95. The van der Waals surface area contributed by atoms with Crippen LogP contribution in [0.3, 0.4) is 0 Å². The molecule has 0 bridgehead atoms. The number of aryl methyl sites for hydroxylation is 1. The Balaban J connectivity index is 2.00. The first-order chi connectivity index (χ1) is 9.13. The summed E-state index contributed by atoms with van der Waals surface area (Å²) < 4.78 is 1.70. The SMILES string of the molecule is CSc1nn(C)cc1C(=O)NC1CCCC(SC)C1. The summed E-state index contributed by atoms with van der Waals surface area (Å²) in [6, 6.07) is 0.314. The van der Waals surface area contributed by atoms with Crippen molar-refractivity contribution in [3.05, 3.63) is 11.8 Å². The largest absolute Gasteiger partial charge is 0.349 e. The monoisotopic (exact) mass is 299 g/mol. The maximum absolute atomic E-state index is 12.3. The van der Waals surface area contributed by atoms with E-state index in [4.69, 9.17) is 0 Å². The number of carbonyl (C=O) groups is 1. The van der Waals surface area contributed by atoms with Crippen molar-refractivity contribution in [1.82, 2.24) is 15.1 Å². The van der Waals surface area contributed by atoms with E-state index in [-0.39, 0.29) is 5.91 Å². The summed E-state index contributed by atoms with van der Waals surface area (Å²) in [5.41, 5.74) is 0.696. The Kier molecular flexibility index (Phi) is 5.21. The summed E-state index contributed by atoms with van der Waals surface area (Å²) >= 11 is 3.43. The Labute approximate surface area is 123 Å². The lowest BCUT2D eigenvalue weighted by atomic mass is 9.95. The quantitative estimate of drug-likeness (QED) is 0.868. The van der Waals surface area contributed by atoms with Gasteiger partial charge in [-0.25, -0.2) is 0 Å². The molecule has 19 heavy (non-hydrogen) atoms. The van der Waals surface area contributed by atoms with Gasteiger partial charge >= 0.3 is 0 Å². The summed E-state index contributed by atoms with van der Waals surface area (Å²) in [7, 11) is 1.85. The lowest BCUT2D eigenvalue weighted by molar-refractivity contribution is 0.0925. The number of carbonyl (C=O) groups excluding carboxylic acids is 1. The molecule has 1 amide bonds. The number of aromatic nitrogens is 2. The van der Waals surface area contributed by atoms with Crippen molar-refractivity contribution in [1.29, 1.82) is 0 Å². The Morgan fingerprint density at radius 3 is 2.95 bits per heavy atom. The van der Waals surface area contributed by atoms with Crippen LogP contribution in [0.25, 0.3) is 0 Å². The molecule has 1 fully saturated rings. The van der Waals surface area contributed by atoms with Crippen LogP contribution in [0.1, 0.15) is 36.0 Å². The Morgan fingerprint density at radius 2 is 2.26 bits per heavy atom. The molecule has 6 heteroatoms. The number of nitrogens with zero attached hydrogens (tertiary/aromatic N) is 2. The summed E-state index contributed by atoms with van der Waals surface area (Å²) in [5.74, 6) is 0.0178. The molecular weight excluding hydrogens is 278 g/mol. The van der Waals surface area contributed by atoms with Gasteiger partial charge in [-0.15, -0.1) is 11.8 Å². The standard InChI is InChI=1S/C13H21N3OS2/c1-16-8-11(13(15-16)19-3)12(17)14-9-5-4-6-10(7-9)18-2/h8-10H,4-7H2,1-3H3,(H,14,17). The van der Waals surface area contributed by atoms with Gasteiger partial charge in [-0.05, 0) is 31.8 Å². The van der Waals surface area contributed by atoms with E-state index in [0.29, 0.717) is 16.9 Å². The van der Waals surface area contributed by atoms with Gasteiger partial charge in [-0.3, -0.25) is 9.48 Å². The third kappa shape index (κ3) is 3.69. The third-order valence-electron chi connectivity index (χ3n) is 3.53. The van der Waals surface area contributed by atoms with Gasteiger partial charge in [0.05, 0.1) is 5.56 Å². The zero-order valence-electron chi connectivity index (χ0n) is 11.7. The molecule has 0 radical (unpaired) electrons. The van der Waals surface area contributed by atoms with E-state index in [2.05, 4.69) is 16.7 Å². The van der Waals surface area contributed by atoms with E-state index in [1.165, 1.54) is 24.6 Å². The highest BCUT2D eigenvalue weighted by Crippen LogP contribution is 2.27. The molecule has 0 aliphatic heterocycles. The third-order valence-corrected chi connectivity index (χ3v) is 5.31. The minimum atomic E-state index is 0.0178. The van der Waals surface area contributed by atoms with Crippen LogP contribution in [0.4, 0.5) is 0 Å². The Hall–Kier alpha value is -0.620. The number of hydrogen-bond donors (Lipinski definition) is 1. The average Bonchev–Trinajstić information content (AvgIpc) is 2.80. The predicted molar refractivity (Wildman–Crippen MR) is 82.0 cm³/mol. The number of rotatable bonds is 4. The minimum Gasteiger partial charge on any atom is -0.349 e. The number of hydrogen-bond acceptors (Lipinski definition) is 4. The lowest BCUT2D eigenvalue weighted by Crippen LogP contribution is -2.39. The molecule has 0 saturated heterocycles. The van der Waals surface area contributed by atoms with Gasteiger partial charge in [0.25, 0.3) is 5.91 Å². The first-order valence-electron chi connectivity index (χ1n) is 6.55. The highest BCUT2D eigenvalue weighted by Gasteiger charge is 2.24. The van der Waals surface area contributed by atoms with Crippen molar-refractivity contribution in [2.45, 2.75) is 42.0 Å². The van der Waals surface area contributed by atoms with Crippen LogP contribution in [0.2, 0.25) is 0 Å². The number of amides is 1. The smallest absolute Gasteiger partial charge is 0.255 e. The molecule has 1 aromatic rings. The summed E-state index contributed by atoms with van der Waals surface area (Å²) in [6.45, 7) is 0. The van der Waals surface area contributed by atoms with E-state index in [1.807, 2.05) is 25.1 Å². The second kappa shape index (κ2) is 6.70. The Bertz CT molecular complexity index is 447. The normalized spacial score (nSPS) is 23.3. The van der Waals surface area contributed by atoms with Crippen LogP contribution in [0, 0.1) is 0 Å². The maximum Gasteiger partial charge on any atom is 0.255 e. The van der Waals surface area contributed by atoms with Crippen LogP contribution in [0.15, 0.2) is 11.2 Å². The molecule has 1 aliphatic rings. The maximum atomic E-state index is 12.3. The van der Waals surface area contributed by atoms with Gasteiger partial charge in [0.15, 0.2) is 0 Å². The molecule has 2 unspecified atom stereocenters. The zero-order valence-corrected chi connectivity index (χ0v) is 13.3. The van der Waals surface area contributed by atoms with Gasteiger partial charge in [0.2, 0.25) is 0 Å². The fraction of sp³-hybridized carbons (Fsp3) is 0.692. The van der Waals surface area contributed by atoms with Crippen LogP contribution >= 0.6 is 23.5 Å². The molecule has 1 N–H and O–H groups in total. The van der Waals surface area contributed by atoms with Gasteiger partial charge < -0.3 is 5.32 Å². The fourth-order valence-corrected chi connectivity index (χ4v) is 3.93.